The van der Waals surface area contributed by atoms with Gasteiger partial charge in [0.1, 0.15) is 11.5 Å². The van der Waals surface area contributed by atoms with Gasteiger partial charge >= 0.3 is 11.9 Å². The number of carbonyl (C=O) groups is 4. The summed E-state index contributed by atoms with van der Waals surface area (Å²) in [6.07, 6.45) is 8.22. The zero-order chi connectivity index (χ0) is 22.2. The Hall–Kier alpha value is -2.24. The van der Waals surface area contributed by atoms with Crippen molar-refractivity contribution in [1.29, 1.82) is 0 Å². The molecule has 3 rings (SSSR count). The molecule has 0 aromatic heterocycles. The smallest absolute Gasteiger partial charge is 0.321 e. The number of rotatable bonds is 4. The minimum absolute atomic E-state index is 0.230. The first-order valence-electron chi connectivity index (χ1n) is 10.9. The summed E-state index contributed by atoms with van der Waals surface area (Å²) < 4.78 is 10.9. The lowest BCUT2D eigenvalue weighted by Crippen LogP contribution is -2.59. The molecule has 0 aromatic carbocycles. The first-order valence-corrected chi connectivity index (χ1v) is 10.9. The van der Waals surface area contributed by atoms with Gasteiger partial charge in [0, 0.05) is 0 Å². The molecule has 1 fully saturated rings. The van der Waals surface area contributed by atoms with E-state index in [1.54, 1.807) is 19.1 Å². The molecule has 0 saturated heterocycles. The van der Waals surface area contributed by atoms with E-state index < -0.39 is 46.7 Å². The van der Waals surface area contributed by atoms with E-state index in [1.807, 2.05) is 0 Å². The van der Waals surface area contributed by atoms with E-state index in [1.165, 1.54) is 13.2 Å². The van der Waals surface area contributed by atoms with Gasteiger partial charge in [0.25, 0.3) is 0 Å². The molecule has 0 heterocycles. The van der Waals surface area contributed by atoms with E-state index in [4.69, 9.17) is 9.47 Å². The predicted molar refractivity (Wildman–Crippen MR) is 110 cm³/mol. The lowest BCUT2D eigenvalue weighted by atomic mass is 9.54. The Morgan fingerprint density at radius 3 is 2.43 bits per heavy atom. The van der Waals surface area contributed by atoms with Crippen LogP contribution in [0.15, 0.2) is 24.3 Å². The van der Waals surface area contributed by atoms with Crippen LogP contribution in [0.2, 0.25) is 0 Å². The number of hydrogen-bond acceptors (Lipinski definition) is 6. The summed E-state index contributed by atoms with van der Waals surface area (Å²) >= 11 is 0. The van der Waals surface area contributed by atoms with E-state index in [0.29, 0.717) is 11.8 Å². The summed E-state index contributed by atoms with van der Waals surface area (Å²) in [6, 6.07) is 0. The molecule has 3 aliphatic rings. The molecule has 0 aromatic rings. The van der Waals surface area contributed by atoms with E-state index in [-0.39, 0.29) is 12.0 Å². The lowest BCUT2D eigenvalue weighted by molar-refractivity contribution is -0.175. The normalized spacial score (nSPS) is 38.3. The van der Waals surface area contributed by atoms with Gasteiger partial charge in [-0.3, -0.25) is 19.2 Å². The van der Waals surface area contributed by atoms with Crippen LogP contribution < -0.4 is 0 Å². The molecule has 3 aliphatic carbocycles. The van der Waals surface area contributed by atoms with Gasteiger partial charge in [0.15, 0.2) is 11.6 Å². The molecule has 0 aliphatic heterocycles. The molecule has 6 nitrogen and oxygen atoms in total. The molecule has 0 radical (unpaired) electrons. The quantitative estimate of drug-likeness (QED) is 0.397. The van der Waals surface area contributed by atoms with Crippen LogP contribution in [-0.2, 0) is 28.7 Å². The molecule has 0 amide bonds. The Morgan fingerprint density at radius 1 is 1.10 bits per heavy atom. The molecular weight excluding hydrogens is 384 g/mol. The number of carbonyl (C=O) groups excluding carboxylic acids is 4. The number of allylic oxidation sites excluding steroid dienone is 3. The van der Waals surface area contributed by atoms with Gasteiger partial charge < -0.3 is 9.47 Å². The fourth-order valence-corrected chi connectivity index (χ4v) is 5.57. The Balaban J connectivity index is 1.95. The van der Waals surface area contributed by atoms with Crippen LogP contribution in [0.25, 0.3) is 0 Å². The predicted octanol–water partition coefficient (Wildman–Crippen LogP) is 3.30. The highest BCUT2D eigenvalue weighted by atomic mass is 16.5. The van der Waals surface area contributed by atoms with Gasteiger partial charge in [0.05, 0.1) is 18.9 Å². The molecule has 1 saturated carbocycles. The standard InChI is InChI=1S/C24H32O6/c1-13(2)16-8-6-14(3)12-19(16)30-22(27)17-9-7-15(4)24(23(28)29-5)20(26)11-10-18(25)21(17)24/h7,9-11,13-17,19,21H,6,8,12H2,1-5H3/t14?,15-,16?,17+,19?,21-,24-/m0/s1. The minimum Gasteiger partial charge on any atom is -0.468 e. The third kappa shape index (κ3) is 3.54. The van der Waals surface area contributed by atoms with Crippen molar-refractivity contribution in [1.82, 2.24) is 0 Å². The minimum atomic E-state index is -1.73. The van der Waals surface area contributed by atoms with E-state index >= 15 is 0 Å². The van der Waals surface area contributed by atoms with Crippen LogP contribution in [-0.4, -0.2) is 36.7 Å². The average Bonchev–Trinajstić information content (AvgIpc) is 2.70. The van der Waals surface area contributed by atoms with Crippen LogP contribution in [0.5, 0.6) is 0 Å². The highest BCUT2D eigenvalue weighted by Crippen LogP contribution is 2.50. The lowest BCUT2D eigenvalue weighted by Gasteiger charge is -2.45. The second-order valence-electron chi connectivity index (χ2n) is 9.44. The highest BCUT2D eigenvalue weighted by molar-refractivity contribution is 6.19. The topological polar surface area (TPSA) is 86.7 Å². The third-order valence-electron chi connectivity index (χ3n) is 7.31. The largest absolute Gasteiger partial charge is 0.468 e. The van der Waals surface area contributed by atoms with E-state index in [9.17, 15) is 19.2 Å². The van der Waals surface area contributed by atoms with Gasteiger partial charge in [-0.05, 0) is 48.7 Å². The molecule has 7 atom stereocenters. The van der Waals surface area contributed by atoms with Crippen LogP contribution in [0, 0.1) is 40.9 Å². The van der Waals surface area contributed by atoms with Crippen LogP contribution in [0.1, 0.15) is 47.0 Å². The summed E-state index contributed by atoms with van der Waals surface area (Å²) in [7, 11) is 1.19. The molecule has 0 N–H and O–H groups in total. The number of fused-ring (bicyclic) bond motifs is 1. The van der Waals surface area contributed by atoms with Crippen LogP contribution >= 0.6 is 0 Å². The summed E-state index contributed by atoms with van der Waals surface area (Å²) in [5.41, 5.74) is -1.73. The molecular formula is C24H32O6. The fourth-order valence-electron chi connectivity index (χ4n) is 5.57. The summed E-state index contributed by atoms with van der Waals surface area (Å²) in [6.45, 7) is 8.10. The van der Waals surface area contributed by atoms with Crippen molar-refractivity contribution in [2.75, 3.05) is 7.11 Å². The van der Waals surface area contributed by atoms with Crippen molar-refractivity contribution in [3.05, 3.63) is 24.3 Å². The number of methoxy groups -OCH3 is 1. The number of hydrogen-bond donors (Lipinski definition) is 0. The number of esters is 2. The van der Waals surface area contributed by atoms with Gasteiger partial charge in [-0.2, -0.15) is 0 Å². The highest BCUT2D eigenvalue weighted by Gasteiger charge is 2.63. The van der Waals surface area contributed by atoms with Crippen molar-refractivity contribution in [3.8, 4) is 0 Å². The van der Waals surface area contributed by atoms with Crippen molar-refractivity contribution >= 4 is 23.5 Å². The molecule has 0 bridgehead atoms. The molecule has 6 heteroatoms. The summed E-state index contributed by atoms with van der Waals surface area (Å²) in [5, 5.41) is 0. The SMILES string of the molecule is COC(=O)[C@@]12C(=O)C=CC(=O)[C@@H]1[C@H](C(=O)OC1CC(C)CCC1C(C)C)C=C[C@@H]2C. The molecule has 3 unspecified atom stereocenters. The number of ether oxygens (including phenoxy) is 2. The number of ketones is 2. The van der Waals surface area contributed by atoms with Crippen LogP contribution in [0.3, 0.4) is 0 Å². The second-order valence-corrected chi connectivity index (χ2v) is 9.44. The fraction of sp³-hybridized carbons (Fsp3) is 0.667. The van der Waals surface area contributed by atoms with E-state index in [0.717, 1.165) is 25.3 Å². The summed E-state index contributed by atoms with van der Waals surface area (Å²) in [5.74, 6) is -3.88. The molecule has 0 spiro atoms. The first-order chi connectivity index (χ1) is 14.1. The zero-order valence-electron chi connectivity index (χ0n) is 18.4. The molecule has 164 valence electrons. The van der Waals surface area contributed by atoms with Gasteiger partial charge in [-0.25, -0.2) is 0 Å². The summed E-state index contributed by atoms with van der Waals surface area (Å²) in [4.78, 5) is 51.9. The van der Waals surface area contributed by atoms with Gasteiger partial charge in [-0.1, -0.05) is 46.3 Å². The van der Waals surface area contributed by atoms with Crippen LogP contribution in [0.4, 0.5) is 0 Å². The van der Waals surface area contributed by atoms with Crippen molar-refractivity contribution in [2.45, 2.75) is 53.1 Å². The maximum atomic E-state index is 13.3. The Morgan fingerprint density at radius 2 is 1.80 bits per heavy atom. The maximum absolute atomic E-state index is 13.3. The Labute approximate surface area is 178 Å². The van der Waals surface area contributed by atoms with Gasteiger partial charge in [-0.15, -0.1) is 0 Å². The first kappa shape index (κ1) is 22.4. The van der Waals surface area contributed by atoms with Crippen molar-refractivity contribution in [3.63, 3.8) is 0 Å². The van der Waals surface area contributed by atoms with Gasteiger partial charge in [0.2, 0.25) is 0 Å². The Kier molecular flexibility index (Phi) is 6.34. The maximum Gasteiger partial charge on any atom is 0.321 e. The van der Waals surface area contributed by atoms with E-state index in [2.05, 4.69) is 20.8 Å². The monoisotopic (exact) mass is 416 g/mol. The zero-order valence-corrected chi connectivity index (χ0v) is 18.4. The third-order valence-corrected chi connectivity index (χ3v) is 7.31. The Bertz CT molecular complexity index is 794. The van der Waals surface area contributed by atoms with Crippen molar-refractivity contribution < 1.29 is 28.7 Å². The molecule has 30 heavy (non-hydrogen) atoms. The average molecular weight is 417 g/mol. The van der Waals surface area contributed by atoms with Crippen molar-refractivity contribution in [2.24, 2.45) is 40.9 Å². The second kappa shape index (κ2) is 8.48.